The number of hydrogen-bond donors (Lipinski definition) is 1. The lowest BCUT2D eigenvalue weighted by Gasteiger charge is -2.24. The minimum Gasteiger partial charge on any atom is -0.337 e. The first-order valence-electron chi connectivity index (χ1n) is 7.26. The molecule has 2 saturated heterocycles. The van der Waals surface area contributed by atoms with Crippen LogP contribution < -0.4 is 5.32 Å². The van der Waals surface area contributed by atoms with Crippen LogP contribution in [0.2, 0.25) is 0 Å². The fraction of sp³-hybridized carbons (Fsp3) is 0.533. The van der Waals surface area contributed by atoms with E-state index in [-0.39, 0.29) is 11.6 Å². The summed E-state index contributed by atoms with van der Waals surface area (Å²) in [5.74, 6) is -1.83. The number of benzene rings is 1. The molecule has 2 fully saturated rings. The van der Waals surface area contributed by atoms with E-state index in [0.717, 1.165) is 25.3 Å². The third-order valence-corrected chi connectivity index (χ3v) is 4.33. The summed E-state index contributed by atoms with van der Waals surface area (Å²) >= 11 is 0. The summed E-state index contributed by atoms with van der Waals surface area (Å²) < 4.78 is 51.5. The number of hydrogen-bond acceptors (Lipinski definition) is 2. The van der Waals surface area contributed by atoms with Crippen molar-refractivity contribution in [1.29, 1.82) is 0 Å². The van der Waals surface area contributed by atoms with E-state index in [1.54, 1.807) is 4.90 Å². The summed E-state index contributed by atoms with van der Waals surface area (Å²) in [5.41, 5.74) is -1.51. The third kappa shape index (κ3) is 2.95. The second kappa shape index (κ2) is 5.53. The zero-order valence-corrected chi connectivity index (χ0v) is 11.8. The van der Waals surface area contributed by atoms with Gasteiger partial charge < -0.3 is 10.2 Å². The smallest absolute Gasteiger partial charge is 0.337 e. The first kappa shape index (κ1) is 15.3. The predicted octanol–water partition coefficient (Wildman–Crippen LogP) is 2.81. The van der Waals surface area contributed by atoms with Crippen LogP contribution in [0.4, 0.5) is 17.6 Å². The van der Waals surface area contributed by atoms with E-state index < -0.39 is 23.5 Å². The molecule has 1 aromatic carbocycles. The van der Waals surface area contributed by atoms with Crippen molar-refractivity contribution in [2.75, 3.05) is 13.1 Å². The largest absolute Gasteiger partial charge is 0.419 e. The Kier molecular flexibility index (Phi) is 3.84. The van der Waals surface area contributed by atoms with Gasteiger partial charge >= 0.3 is 6.18 Å². The maximum atomic E-state index is 13.3. The van der Waals surface area contributed by atoms with Gasteiger partial charge in [0.15, 0.2) is 0 Å². The Labute approximate surface area is 125 Å². The van der Waals surface area contributed by atoms with Crippen molar-refractivity contribution in [3.63, 3.8) is 0 Å². The van der Waals surface area contributed by atoms with Gasteiger partial charge in [-0.05, 0) is 37.5 Å². The maximum absolute atomic E-state index is 13.3. The van der Waals surface area contributed by atoms with E-state index in [2.05, 4.69) is 5.32 Å². The molecule has 0 radical (unpaired) electrons. The van der Waals surface area contributed by atoms with E-state index in [4.69, 9.17) is 0 Å². The normalized spacial score (nSPS) is 25.2. The fourth-order valence-corrected chi connectivity index (χ4v) is 3.19. The Bertz CT molecular complexity index is 587. The molecule has 2 heterocycles. The van der Waals surface area contributed by atoms with Gasteiger partial charge in [-0.3, -0.25) is 4.79 Å². The molecule has 2 atom stereocenters. The lowest BCUT2D eigenvalue weighted by molar-refractivity contribution is -0.140. The number of fused-ring (bicyclic) bond motifs is 2. The standard InChI is InChI=1S/C15H16F4N2O/c16-13-4-1-9(7-12(13)15(17,18)19)14(22)21-6-5-10-2-3-11(8-21)20-10/h1,4,7,10-11,20H,2-3,5-6,8H2. The predicted molar refractivity (Wildman–Crippen MR) is 71.9 cm³/mol. The van der Waals surface area contributed by atoms with Gasteiger partial charge in [0.25, 0.3) is 5.91 Å². The van der Waals surface area contributed by atoms with Gasteiger partial charge in [-0.2, -0.15) is 13.2 Å². The van der Waals surface area contributed by atoms with Crippen LogP contribution in [0.1, 0.15) is 35.2 Å². The molecule has 0 saturated carbocycles. The summed E-state index contributed by atoms with van der Waals surface area (Å²) in [4.78, 5) is 14.0. The van der Waals surface area contributed by atoms with E-state index in [1.807, 2.05) is 0 Å². The number of carbonyl (C=O) groups is 1. The minimum absolute atomic E-state index is 0.119. The van der Waals surface area contributed by atoms with Gasteiger partial charge in [-0.25, -0.2) is 4.39 Å². The van der Waals surface area contributed by atoms with Crippen molar-refractivity contribution >= 4 is 5.91 Å². The lowest BCUT2D eigenvalue weighted by Crippen LogP contribution is -2.39. The highest BCUT2D eigenvalue weighted by Crippen LogP contribution is 2.32. The van der Waals surface area contributed by atoms with Crippen LogP contribution in [0.3, 0.4) is 0 Å². The van der Waals surface area contributed by atoms with Gasteiger partial charge in [0, 0.05) is 30.7 Å². The molecule has 7 heteroatoms. The highest BCUT2D eigenvalue weighted by Gasteiger charge is 2.36. The highest BCUT2D eigenvalue weighted by molar-refractivity contribution is 5.94. The second-order valence-electron chi connectivity index (χ2n) is 5.87. The van der Waals surface area contributed by atoms with Crippen LogP contribution in [-0.4, -0.2) is 36.0 Å². The highest BCUT2D eigenvalue weighted by atomic mass is 19.4. The maximum Gasteiger partial charge on any atom is 0.419 e. The topological polar surface area (TPSA) is 32.3 Å². The van der Waals surface area contributed by atoms with Gasteiger partial charge in [0.2, 0.25) is 0 Å². The Morgan fingerprint density at radius 1 is 1.18 bits per heavy atom. The third-order valence-electron chi connectivity index (χ3n) is 4.33. The number of likely N-dealkylation sites (tertiary alicyclic amines) is 1. The van der Waals surface area contributed by atoms with Crippen LogP contribution in [0.5, 0.6) is 0 Å². The first-order chi connectivity index (χ1) is 10.3. The number of amides is 1. The summed E-state index contributed by atoms with van der Waals surface area (Å²) in [7, 11) is 0. The molecule has 2 unspecified atom stereocenters. The van der Waals surface area contributed by atoms with E-state index in [9.17, 15) is 22.4 Å². The summed E-state index contributed by atoms with van der Waals surface area (Å²) in [6.45, 7) is 0.986. The molecule has 1 amide bonds. The van der Waals surface area contributed by atoms with Crippen molar-refractivity contribution in [2.24, 2.45) is 0 Å². The molecule has 0 aliphatic carbocycles. The zero-order chi connectivity index (χ0) is 15.9. The number of nitrogens with one attached hydrogen (secondary N) is 1. The van der Waals surface area contributed by atoms with Crippen molar-refractivity contribution in [2.45, 2.75) is 37.5 Å². The SMILES string of the molecule is O=C(c1ccc(F)c(C(F)(F)F)c1)N1CCC2CCC(C1)N2. The lowest BCUT2D eigenvalue weighted by atomic mass is 10.1. The molecular weight excluding hydrogens is 300 g/mol. The summed E-state index contributed by atoms with van der Waals surface area (Å²) in [5, 5.41) is 3.40. The average molecular weight is 316 g/mol. The Hall–Kier alpha value is -1.63. The average Bonchev–Trinajstić information content (AvgIpc) is 2.77. The van der Waals surface area contributed by atoms with Gasteiger partial charge in [-0.1, -0.05) is 0 Å². The first-order valence-corrected chi connectivity index (χ1v) is 7.26. The molecular formula is C15H16F4N2O. The summed E-state index contributed by atoms with van der Waals surface area (Å²) in [6, 6.07) is 3.00. The number of rotatable bonds is 1. The second-order valence-corrected chi connectivity index (χ2v) is 5.87. The molecule has 1 N–H and O–H groups in total. The van der Waals surface area contributed by atoms with Crippen LogP contribution >= 0.6 is 0 Å². The molecule has 22 heavy (non-hydrogen) atoms. The molecule has 2 aliphatic heterocycles. The van der Waals surface area contributed by atoms with Crippen molar-refractivity contribution < 1.29 is 22.4 Å². The van der Waals surface area contributed by atoms with Crippen molar-refractivity contribution in [3.8, 4) is 0 Å². The Morgan fingerprint density at radius 3 is 2.64 bits per heavy atom. The number of carbonyl (C=O) groups excluding carboxylic acids is 1. The quantitative estimate of drug-likeness (QED) is 0.808. The van der Waals surface area contributed by atoms with Gasteiger partial charge in [-0.15, -0.1) is 0 Å². The van der Waals surface area contributed by atoms with Crippen molar-refractivity contribution in [3.05, 3.63) is 35.1 Å². The van der Waals surface area contributed by atoms with E-state index in [0.29, 0.717) is 31.3 Å². The van der Waals surface area contributed by atoms with Crippen LogP contribution in [0.25, 0.3) is 0 Å². The number of nitrogens with zero attached hydrogens (tertiary/aromatic N) is 1. The zero-order valence-electron chi connectivity index (χ0n) is 11.8. The molecule has 1 aromatic rings. The molecule has 3 nitrogen and oxygen atoms in total. The monoisotopic (exact) mass is 316 g/mol. The fourth-order valence-electron chi connectivity index (χ4n) is 3.19. The molecule has 0 spiro atoms. The van der Waals surface area contributed by atoms with Gasteiger partial charge in [0.1, 0.15) is 5.82 Å². The number of halogens is 4. The molecule has 120 valence electrons. The minimum atomic E-state index is -4.81. The van der Waals surface area contributed by atoms with Gasteiger partial charge in [0.05, 0.1) is 5.56 Å². The van der Waals surface area contributed by atoms with Crippen molar-refractivity contribution in [1.82, 2.24) is 10.2 Å². The number of alkyl halides is 3. The Morgan fingerprint density at radius 2 is 1.91 bits per heavy atom. The summed E-state index contributed by atoms with van der Waals surface area (Å²) in [6.07, 6.45) is -1.98. The van der Waals surface area contributed by atoms with E-state index in [1.165, 1.54) is 0 Å². The molecule has 0 aromatic heterocycles. The van der Waals surface area contributed by atoms with Crippen LogP contribution in [0.15, 0.2) is 18.2 Å². The van der Waals surface area contributed by atoms with Crippen LogP contribution in [-0.2, 0) is 6.18 Å². The van der Waals surface area contributed by atoms with Crippen LogP contribution in [0, 0.1) is 5.82 Å². The molecule has 3 rings (SSSR count). The Balaban J connectivity index is 1.83. The molecule has 2 aliphatic rings. The van der Waals surface area contributed by atoms with E-state index >= 15 is 0 Å². The molecule has 2 bridgehead atoms.